The molecule has 1 saturated heterocycles. The molecule has 1 heterocycles. The highest BCUT2D eigenvalue weighted by molar-refractivity contribution is 5.85. The average Bonchev–Trinajstić information content (AvgIpc) is 2.14. The van der Waals surface area contributed by atoms with Crippen molar-refractivity contribution in [3.05, 3.63) is 35.4 Å². The molecule has 1 aliphatic rings. The van der Waals surface area contributed by atoms with Crippen LogP contribution in [0.2, 0.25) is 0 Å². The number of rotatable bonds is 1. The van der Waals surface area contributed by atoms with Crippen molar-refractivity contribution >= 4 is 12.4 Å². The highest BCUT2D eigenvalue weighted by Crippen LogP contribution is 2.26. The molecule has 1 aromatic carbocycles. The summed E-state index contributed by atoms with van der Waals surface area (Å²) in [6, 6.07) is 9.47. The summed E-state index contributed by atoms with van der Waals surface area (Å²) in [5.74, 6) is 0. The van der Waals surface area contributed by atoms with Crippen molar-refractivity contribution in [2.24, 2.45) is 5.73 Å². The van der Waals surface area contributed by atoms with E-state index in [1.54, 1.807) is 6.07 Å². The van der Waals surface area contributed by atoms with Crippen LogP contribution in [0.3, 0.4) is 0 Å². The van der Waals surface area contributed by atoms with Crippen molar-refractivity contribution in [3.8, 4) is 6.07 Å². The molecule has 0 aliphatic carbocycles. The van der Waals surface area contributed by atoms with Gasteiger partial charge in [-0.1, -0.05) is 12.1 Å². The highest BCUT2D eigenvalue weighted by atomic mass is 35.5. The van der Waals surface area contributed by atoms with E-state index in [0.717, 1.165) is 5.56 Å². The smallest absolute Gasteiger partial charge is 0.0991 e. The zero-order valence-electron chi connectivity index (χ0n) is 7.56. The van der Waals surface area contributed by atoms with Crippen LogP contribution in [0.1, 0.15) is 11.1 Å². The lowest BCUT2D eigenvalue weighted by Gasteiger charge is -2.38. The molecular weight excluding hydrogens is 200 g/mol. The van der Waals surface area contributed by atoms with Crippen LogP contribution in [0.15, 0.2) is 24.3 Å². The fraction of sp³-hybridized carbons (Fsp3) is 0.300. The van der Waals surface area contributed by atoms with Gasteiger partial charge in [-0.25, -0.2) is 0 Å². The monoisotopic (exact) mass is 210 g/mol. The summed E-state index contributed by atoms with van der Waals surface area (Å²) in [6.07, 6.45) is 0. The minimum Gasteiger partial charge on any atom is -0.377 e. The summed E-state index contributed by atoms with van der Waals surface area (Å²) in [5, 5.41) is 8.70. The predicted molar refractivity (Wildman–Crippen MR) is 55.1 cm³/mol. The second kappa shape index (κ2) is 3.97. The van der Waals surface area contributed by atoms with E-state index >= 15 is 0 Å². The molecule has 0 saturated carbocycles. The van der Waals surface area contributed by atoms with Crippen molar-refractivity contribution in [2.45, 2.75) is 5.54 Å². The first-order valence-corrected chi connectivity index (χ1v) is 4.12. The Kier molecular flexibility index (Phi) is 3.12. The zero-order chi connectivity index (χ0) is 9.31. The number of benzene rings is 1. The molecule has 3 nitrogen and oxygen atoms in total. The molecule has 1 aromatic rings. The number of nitrogens with zero attached hydrogens (tertiary/aromatic N) is 1. The molecule has 0 aromatic heterocycles. The van der Waals surface area contributed by atoms with E-state index in [4.69, 9.17) is 15.7 Å². The lowest BCUT2D eigenvalue weighted by molar-refractivity contribution is -0.0569. The molecule has 0 amide bonds. The van der Waals surface area contributed by atoms with Gasteiger partial charge in [-0.3, -0.25) is 0 Å². The lowest BCUT2D eigenvalue weighted by atomic mass is 9.88. The lowest BCUT2D eigenvalue weighted by Crippen LogP contribution is -2.54. The number of ether oxygens (including phenoxy) is 1. The van der Waals surface area contributed by atoms with Gasteiger partial charge in [0.25, 0.3) is 0 Å². The summed E-state index contributed by atoms with van der Waals surface area (Å²) < 4.78 is 5.06. The van der Waals surface area contributed by atoms with E-state index in [0.29, 0.717) is 18.8 Å². The quantitative estimate of drug-likeness (QED) is 0.757. The van der Waals surface area contributed by atoms with E-state index in [1.807, 2.05) is 18.2 Å². The average molecular weight is 211 g/mol. The molecule has 0 unspecified atom stereocenters. The maximum atomic E-state index is 8.70. The standard InChI is InChI=1S/C10H10N2O.ClH/c11-5-8-2-1-3-9(4-8)10(12)6-13-7-10;/h1-4H,6-7,12H2;1H. The third kappa shape index (κ3) is 1.73. The van der Waals surface area contributed by atoms with E-state index < -0.39 is 0 Å². The predicted octanol–water partition coefficient (Wildman–Crippen LogP) is 1.16. The third-order valence-corrected chi connectivity index (χ3v) is 2.29. The van der Waals surface area contributed by atoms with Crippen LogP contribution in [0, 0.1) is 11.3 Å². The first-order chi connectivity index (χ1) is 6.24. The van der Waals surface area contributed by atoms with E-state index in [2.05, 4.69) is 6.07 Å². The number of nitriles is 1. The largest absolute Gasteiger partial charge is 0.377 e. The van der Waals surface area contributed by atoms with Crippen molar-refractivity contribution in [2.75, 3.05) is 13.2 Å². The van der Waals surface area contributed by atoms with Crippen molar-refractivity contribution in [1.29, 1.82) is 5.26 Å². The molecular formula is C10H11ClN2O. The van der Waals surface area contributed by atoms with Gasteiger partial charge >= 0.3 is 0 Å². The van der Waals surface area contributed by atoms with Gasteiger partial charge in [0.05, 0.1) is 30.4 Å². The van der Waals surface area contributed by atoms with Crippen LogP contribution in [0.4, 0.5) is 0 Å². The maximum Gasteiger partial charge on any atom is 0.0991 e. The van der Waals surface area contributed by atoms with Crippen LogP contribution in [0.25, 0.3) is 0 Å². The molecule has 4 heteroatoms. The fourth-order valence-corrected chi connectivity index (χ4v) is 1.39. The van der Waals surface area contributed by atoms with E-state index in [9.17, 15) is 0 Å². The van der Waals surface area contributed by atoms with Crippen molar-refractivity contribution < 1.29 is 4.74 Å². The topological polar surface area (TPSA) is 59.0 Å². The van der Waals surface area contributed by atoms with Gasteiger partial charge in [-0.15, -0.1) is 12.4 Å². The van der Waals surface area contributed by atoms with Gasteiger partial charge in [0.15, 0.2) is 0 Å². The van der Waals surface area contributed by atoms with Gasteiger partial charge in [0.2, 0.25) is 0 Å². The van der Waals surface area contributed by atoms with E-state index in [-0.39, 0.29) is 17.9 Å². The molecule has 14 heavy (non-hydrogen) atoms. The molecule has 74 valence electrons. The SMILES string of the molecule is Cl.N#Cc1cccc(C2(N)COC2)c1. The van der Waals surface area contributed by atoms with Crippen LogP contribution in [-0.2, 0) is 10.3 Å². The Bertz CT molecular complexity index is 369. The molecule has 1 aliphatic heterocycles. The van der Waals surface area contributed by atoms with Gasteiger partial charge in [0, 0.05) is 0 Å². The molecule has 1 fully saturated rings. The summed E-state index contributed by atoms with van der Waals surface area (Å²) in [7, 11) is 0. The van der Waals surface area contributed by atoms with Crippen LogP contribution >= 0.6 is 12.4 Å². The number of hydrogen-bond donors (Lipinski definition) is 1. The second-order valence-electron chi connectivity index (χ2n) is 3.34. The van der Waals surface area contributed by atoms with Crippen LogP contribution < -0.4 is 5.73 Å². The minimum atomic E-state index is -0.368. The van der Waals surface area contributed by atoms with Crippen LogP contribution in [0.5, 0.6) is 0 Å². The Morgan fingerprint density at radius 3 is 2.64 bits per heavy atom. The molecule has 0 radical (unpaired) electrons. The van der Waals surface area contributed by atoms with Crippen molar-refractivity contribution in [1.82, 2.24) is 0 Å². The minimum absolute atomic E-state index is 0. The third-order valence-electron chi connectivity index (χ3n) is 2.29. The second-order valence-corrected chi connectivity index (χ2v) is 3.34. The zero-order valence-corrected chi connectivity index (χ0v) is 8.38. The van der Waals surface area contributed by atoms with Crippen molar-refractivity contribution in [3.63, 3.8) is 0 Å². The molecule has 2 rings (SSSR count). The molecule has 0 atom stereocenters. The summed E-state index contributed by atoms with van der Waals surface area (Å²) >= 11 is 0. The van der Waals surface area contributed by atoms with Gasteiger partial charge in [0.1, 0.15) is 0 Å². The molecule has 0 bridgehead atoms. The van der Waals surface area contributed by atoms with Crippen LogP contribution in [-0.4, -0.2) is 13.2 Å². The molecule has 0 spiro atoms. The normalized spacial score (nSPS) is 17.4. The fourth-order valence-electron chi connectivity index (χ4n) is 1.39. The highest BCUT2D eigenvalue weighted by Gasteiger charge is 2.35. The first kappa shape index (κ1) is 11.0. The summed E-state index contributed by atoms with van der Waals surface area (Å²) in [4.78, 5) is 0. The Morgan fingerprint density at radius 1 is 1.43 bits per heavy atom. The Morgan fingerprint density at radius 2 is 2.14 bits per heavy atom. The van der Waals surface area contributed by atoms with Gasteiger partial charge in [-0.05, 0) is 17.7 Å². The van der Waals surface area contributed by atoms with Gasteiger partial charge < -0.3 is 10.5 Å². The Balaban J connectivity index is 0.000000980. The van der Waals surface area contributed by atoms with E-state index in [1.165, 1.54) is 0 Å². The summed E-state index contributed by atoms with van der Waals surface area (Å²) in [6.45, 7) is 1.09. The van der Waals surface area contributed by atoms with Gasteiger partial charge in [-0.2, -0.15) is 5.26 Å². The number of nitrogens with two attached hydrogens (primary N) is 1. The first-order valence-electron chi connectivity index (χ1n) is 4.12. The Labute approximate surface area is 88.9 Å². The Hall–Kier alpha value is -1.08. The number of halogens is 1. The molecule has 2 N–H and O–H groups in total. The number of hydrogen-bond acceptors (Lipinski definition) is 3. The summed E-state index contributed by atoms with van der Waals surface area (Å²) in [5.41, 5.74) is 7.28. The maximum absolute atomic E-state index is 8.70.